The van der Waals surface area contributed by atoms with E-state index in [1.807, 2.05) is 0 Å². The molecular weight excluding hydrogens is 416 g/mol. The summed E-state index contributed by atoms with van der Waals surface area (Å²) >= 11 is 5.89. The summed E-state index contributed by atoms with van der Waals surface area (Å²) in [5.74, 6) is -0.507. The number of amides is 1. The average molecular weight is 445 g/mol. The number of hydrogen-bond donors (Lipinski definition) is 1. The van der Waals surface area contributed by atoms with Gasteiger partial charge in [-0.3, -0.25) is 9.59 Å². The fourth-order valence-corrected chi connectivity index (χ4v) is 5.11. The molecule has 9 heteroatoms. The van der Waals surface area contributed by atoms with Crippen molar-refractivity contribution in [3.63, 3.8) is 0 Å². The SMILES string of the molecule is CCOC(=O)CCCCCN([C@@H]1CCCCNC1=O)S(=O)(=O)c1ccc(Cl)cc1. The van der Waals surface area contributed by atoms with Gasteiger partial charge in [-0.05, 0) is 63.3 Å². The van der Waals surface area contributed by atoms with Crippen LogP contribution in [0.2, 0.25) is 5.02 Å². The first-order chi connectivity index (χ1) is 13.9. The van der Waals surface area contributed by atoms with E-state index in [1.54, 1.807) is 6.92 Å². The summed E-state index contributed by atoms with van der Waals surface area (Å²) in [4.78, 5) is 24.1. The van der Waals surface area contributed by atoms with Gasteiger partial charge in [0.15, 0.2) is 0 Å². The molecule has 0 aliphatic carbocycles. The fourth-order valence-electron chi connectivity index (χ4n) is 3.33. The van der Waals surface area contributed by atoms with E-state index in [4.69, 9.17) is 16.3 Å². The van der Waals surface area contributed by atoms with Crippen LogP contribution in [0.3, 0.4) is 0 Å². The zero-order valence-corrected chi connectivity index (χ0v) is 18.3. The minimum Gasteiger partial charge on any atom is -0.466 e. The van der Waals surface area contributed by atoms with Gasteiger partial charge in [0, 0.05) is 24.5 Å². The van der Waals surface area contributed by atoms with E-state index in [-0.39, 0.29) is 23.3 Å². The summed E-state index contributed by atoms with van der Waals surface area (Å²) in [5, 5.41) is 3.26. The quantitative estimate of drug-likeness (QED) is 0.442. The van der Waals surface area contributed by atoms with Crippen LogP contribution < -0.4 is 5.32 Å². The van der Waals surface area contributed by atoms with Crippen LogP contribution in [0.15, 0.2) is 29.2 Å². The van der Waals surface area contributed by atoms with Crippen molar-refractivity contribution in [2.75, 3.05) is 19.7 Å². The lowest BCUT2D eigenvalue weighted by atomic mass is 10.1. The minimum absolute atomic E-state index is 0.116. The van der Waals surface area contributed by atoms with E-state index in [0.717, 1.165) is 12.8 Å². The van der Waals surface area contributed by atoms with Crippen molar-refractivity contribution in [1.82, 2.24) is 9.62 Å². The molecule has 1 saturated heterocycles. The molecule has 1 heterocycles. The van der Waals surface area contributed by atoms with Crippen LogP contribution in [0.5, 0.6) is 0 Å². The Morgan fingerprint density at radius 2 is 1.93 bits per heavy atom. The van der Waals surface area contributed by atoms with E-state index in [2.05, 4.69) is 5.32 Å². The number of nitrogens with zero attached hydrogens (tertiary/aromatic N) is 1. The Labute approximate surface area is 177 Å². The Bertz CT molecular complexity index is 783. The van der Waals surface area contributed by atoms with E-state index >= 15 is 0 Å². The molecule has 2 rings (SSSR count). The van der Waals surface area contributed by atoms with Gasteiger partial charge in [0.2, 0.25) is 15.9 Å². The van der Waals surface area contributed by atoms with Gasteiger partial charge in [-0.1, -0.05) is 18.0 Å². The molecule has 1 atom stereocenters. The molecular formula is C20H29ClN2O5S. The van der Waals surface area contributed by atoms with E-state index in [0.29, 0.717) is 50.3 Å². The molecule has 1 fully saturated rings. The Morgan fingerprint density at radius 1 is 1.21 bits per heavy atom. The van der Waals surface area contributed by atoms with Crippen LogP contribution in [-0.4, -0.2) is 50.3 Å². The number of halogens is 1. The summed E-state index contributed by atoms with van der Waals surface area (Å²) in [6, 6.07) is 5.24. The summed E-state index contributed by atoms with van der Waals surface area (Å²) in [6.07, 6.45) is 4.24. The Morgan fingerprint density at radius 3 is 2.62 bits per heavy atom. The zero-order valence-electron chi connectivity index (χ0n) is 16.7. The van der Waals surface area contributed by atoms with Crippen molar-refractivity contribution >= 4 is 33.5 Å². The smallest absolute Gasteiger partial charge is 0.305 e. The molecule has 1 amide bonds. The van der Waals surface area contributed by atoms with Gasteiger partial charge in [-0.2, -0.15) is 4.31 Å². The van der Waals surface area contributed by atoms with Crippen molar-refractivity contribution in [2.45, 2.75) is 62.8 Å². The maximum absolute atomic E-state index is 13.3. The average Bonchev–Trinajstić information content (AvgIpc) is 2.89. The fraction of sp³-hybridized carbons (Fsp3) is 0.600. The second kappa shape index (κ2) is 11.5. The highest BCUT2D eigenvalue weighted by Crippen LogP contribution is 2.24. The van der Waals surface area contributed by atoms with Crippen LogP contribution in [-0.2, 0) is 24.3 Å². The van der Waals surface area contributed by atoms with Crippen LogP contribution in [0.1, 0.15) is 51.9 Å². The number of hydrogen-bond acceptors (Lipinski definition) is 5. The second-order valence-corrected chi connectivity index (χ2v) is 9.31. The van der Waals surface area contributed by atoms with Crippen LogP contribution in [0.25, 0.3) is 0 Å². The standard InChI is InChI=1S/C20H29ClN2O5S/c1-2-28-19(24)9-4-3-7-15-23(18-8-5-6-14-22-20(18)25)29(26,27)17-12-10-16(21)11-13-17/h10-13,18H,2-9,14-15H2,1H3,(H,22,25)/t18-/m1/s1. The molecule has 0 unspecified atom stereocenters. The molecule has 1 aromatic rings. The molecule has 0 saturated carbocycles. The number of carbonyl (C=O) groups is 2. The number of nitrogens with one attached hydrogen (secondary N) is 1. The van der Waals surface area contributed by atoms with Gasteiger partial charge in [0.05, 0.1) is 11.5 Å². The van der Waals surface area contributed by atoms with Gasteiger partial charge in [-0.25, -0.2) is 8.42 Å². The lowest BCUT2D eigenvalue weighted by molar-refractivity contribution is -0.143. The van der Waals surface area contributed by atoms with Gasteiger partial charge in [0.25, 0.3) is 0 Å². The molecule has 7 nitrogen and oxygen atoms in total. The highest BCUT2D eigenvalue weighted by Gasteiger charge is 2.36. The third-order valence-corrected chi connectivity index (χ3v) is 7.01. The maximum Gasteiger partial charge on any atom is 0.305 e. The summed E-state index contributed by atoms with van der Waals surface area (Å²) < 4.78 is 32.8. The van der Waals surface area contributed by atoms with Gasteiger partial charge >= 0.3 is 5.97 Å². The van der Waals surface area contributed by atoms with Crippen molar-refractivity contribution < 1.29 is 22.7 Å². The van der Waals surface area contributed by atoms with E-state index < -0.39 is 16.1 Å². The normalized spacial score (nSPS) is 17.6. The Kier molecular flexibility index (Phi) is 9.39. The molecule has 1 aromatic carbocycles. The molecule has 162 valence electrons. The summed E-state index contributed by atoms with van der Waals surface area (Å²) in [5.41, 5.74) is 0. The second-order valence-electron chi connectivity index (χ2n) is 6.99. The topological polar surface area (TPSA) is 92.8 Å². The lowest BCUT2D eigenvalue weighted by Gasteiger charge is -2.29. The van der Waals surface area contributed by atoms with Crippen LogP contribution in [0.4, 0.5) is 0 Å². The van der Waals surface area contributed by atoms with Crippen molar-refractivity contribution in [2.24, 2.45) is 0 Å². The van der Waals surface area contributed by atoms with Gasteiger partial charge in [-0.15, -0.1) is 0 Å². The monoisotopic (exact) mass is 444 g/mol. The first kappa shape index (κ1) is 23.6. The van der Waals surface area contributed by atoms with E-state index in [9.17, 15) is 18.0 Å². The number of ether oxygens (including phenoxy) is 1. The summed E-state index contributed by atoms with van der Waals surface area (Å²) in [7, 11) is -3.86. The van der Waals surface area contributed by atoms with Gasteiger partial charge < -0.3 is 10.1 Å². The van der Waals surface area contributed by atoms with Crippen molar-refractivity contribution in [3.8, 4) is 0 Å². The largest absolute Gasteiger partial charge is 0.466 e. The molecule has 0 bridgehead atoms. The third kappa shape index (κ3) is 6.97. The molecule has 29 heavy (non-hydrogen) atoms. The molecule has 1 aliphatic rings. The third-order valence-electron chi connectivity index (χ3n) is 4.84. The number of rotatable bonds is 10. The number of carbonyl (C=O) groups excluding carboxylic acids is 2. The highest BCUT2D eigenvalue weighted by molar-refractivity contribution is 7.89. The first-order valence-electron chi connectivity index (χ1n) is 10.1. The lowest BCUT2D eigenvalue weighted by Crippen LogP contribution is -2.49. The van der Waals surface area contributed by atoms with Crippen molar-refractivity contribution in [3.05, 3.63) is 29.3 Å². The Hall–Kier alpha value is -1.64. The zero-order chi connectivity index (χ0) is 21.3. The predicted molar refractivity (Wildman–Crippen MR) is 111 cm³/mol. The molecule has 1 aliphatic heterocycles. The predicted octanol–water partition coefficient (Wildman–Crippen LogP) is 3.12. The number of unbranched alkanes of at least 4 members (excludes halogenated alkanes) is 2. The Balaban J connectivity index is 2.12. The van der Waals surface area contributed by atoms with E-state index in [1.165, 1.54) is 28.6 Å². The highest BCUT2D eigenvalue weighted by atomic mass is 35.5. The maximum atomic E-state index is 13.3. The minimum atomic E-state index is -3.86. The summed E-state index contributed by atoms with van der Waals surface area (Å²) in [6.45, 7) is 2.88. The number of benzene rings is 1. The molecule has 1 N–H and O–H groups in total. The molecule has 0 aromatic heterocycles. The van der Waals surface area contributed by atoms with Gasteiger partial charge in [0.1, 0.15) is 6.04 Å². The molecule has 0 radical (unpaired) electrons. The van der Waals surface area contributed by atoms with Crippen LogP contribution >= 0.6 is 11.6 Å². The first-order valence-corrected chi connectivity index (χ1v) is 11.9. The van der Waals surface area contributed by atoms with Crippen molar-refractivity contribution in [1.29, 1.82) is 0 Å². The number of sulfonamides is 1. The van der Waals surface area contributed by atoms with Crippen LogP contribution in [0, 0.1) is 0 Å². The number of esters is 1. The molecule has 0 spiro atoms.